The monoisotopic (exact) mass is 791 g/mol. The van der Waals surface area contributed by atoms with E-state index in [1.165, 1.54) is 88.7 Å². The van der Waals surface area contributed by atoms with Crippen molar-refractivity contribution in [1.82, 2.24) is 0 Å². The third-order valence-electron chi connectivity index (χ3n) is 12.9. The molecule has 1 aliphatic carbocycles. The first-order valence-corrected chi connectivity index (χ1v) is 21.6. The van der Waals surface area contributed by atoms with Crippen molar-refractivity contribution in [3.63, 3.8) is 0 Å². The molecule has 10 aromatic rings. The second kappa shape index (κ2) is 15.4. The van der Waals surface area contributed by atoms with Gasteiger partial charge in [-0.1, -0.05) is 214 Å². The largest absolute Gasteiger partial charge is 0.310 e. The van der Waals surface area contributed by atoms with Gasteiger partial charge in [0, 0.05) is 22.4 Å². The molecule has 1 aliphatic rings. The Morgan fingerprint density at radius 3 is 1.52 bits per heavy atom. The molecular weight excluding hydrogens is 747 g/mol. The van der Waals surface area contributed by atoms with Crippen LogP contribution in [0.2, 0.25) is 0 Å². The quantitative estimate of drug-likeness (QED) is 0.148. The zero-order valence-corrected chi connectivity index (χ0v) is 35.0. The maximum atomic E-state index is 2.45. The summed E-state index contributed by atoms with van der Waals surface area (Å²) in [7, 11) is 0. The number of benzene rings is 10. The van der Waals surface area contributed by atoms with Crippen molar-refractivity contribution >= 4 is 27.8 Å². The smallest absolute Gasteiger partial charge is 0.0546 e. The van der Waals surface area contributed by atoms with Crippen LogP contribution in [-0.4, -0.2) is 0 Å². The van der Waals surface area contributed by atoms with Crippen molar-refractivity contribution in [3.8, 4) is 66.8 Å². The molecule has 0 saturated carbocycles. The lowest BCUT2D eigenvalue weighted by molar-refractivity contribution is 0.660. The highest BCUT2D eigenvalue weighted by molar-refractivity contribution is 6.02. The van der Waals surface area contributed by atoms with Gasteiger partial charge in [0.2, 0.25) is 0 Å². The van der Waals surface area contributed by atoms with Crippen molar-refractivity contribution in [2.75, 3.05) is 4.90 Å². The number of fused-ring (bicyclic) bond motifs is 4. The molecule has 0 saturated heterocycles. The summed E-state index contributed by atoms with van der Waals surface area (Å²) in [6.45, 7) is 4.70. The zero-order valence-electron chi connectivity index (χ0n) is 35.0. The van der Waals surface area contributed by atoms with E-state index >= 15 is 0 Å². The molecule has 1 nitrogen and oxygen atoms in total. The lowest BCUT2D eigenvalue weighted by Gasteiger charge is -2.30. The van der Waals surface area contributed by atoms with Crippen molar-refractivity contribution < 1.29 is 0 Å². The Kier molecular flexibility index (Phi) is 9.24. The molecule has 0 spiro atoms. The Bertz CT molecular complexity index is 3230. The van der Waals surface area contributed by atoms with Crippen molar-refractivity contribution in [3.05, 3.63) is 248 Å². The van der Waals surface area contributed by atoms with E-state index in [9.17, 15) is 0 Å². The van der Waals surface area contributed by atoms with Crippen LogP contribution in [0.3, 0.4) is 0 Å². The summed E-state index contributed by atoms with van der Waals surface area (Å²) in [6, 6.07) is 86.6. The minimum atomic E-state index is -0.0624. The van der Waals surface area contributed by atoms with Crippen molar-refractivity contribution in [1.29, 1.82) is 0 Å². The van der Waals surface area contributed by atoms with Crippen LogP contribution in [0.15, 0.2) is 237 Å². The van der Waals surface area contributed by atoms with E-state index in [0.717, 1.165) is 17.1 Å². The first-order valence-electron chi connectivity index (χ1n) is 21.6. The summed E-state index contributed by atoms with van der Waals surface area (Å²) in [4.78, 5) is 2.45. The van der Waals surface area contributed by atoms with Gasteiger partial charge in [0.25, 0.3) is 0 Å². The standard InChI is InChI=1S/C61H45N/c1-61(2)57-29-14-13-25-54(57)55-40-35-47(41-58(55)61)42-31-36-48(37-32-42)62(49-38-33-46(34-39-49)51-27-15-22-44-21-9-10-23-50(44)51)59-30-16-28-53(45-19-7-4-8-20-45)60(59)56-26-12-11-24-52(56)43-17-5-3-6-18-43/h3-41H,1-2H3. The summed E-state index contributed by atoms with van der Waals surface area (Å²) in [6.07, 6.45) is 0. The number of rotatable bonds is 8. The summed E-state index contributed by atoms with van der Waals surface area (Å²) < 4.78 is 0. The SMILES string of the molecule is CC1(C)c2ccccc2-c2ccc(-c3ccc(N(c4ccc(-c5cccc6ccccc56)cc4)c4cccc(-c5ccccc5)c4-c4ccccc4-c4ccccc4)cc3)cc21. The second-order valence-electron chi connectivity index (χ2n) is 16.9. The molecule has 1 heteroatoms. The molecular formula is C61H45N. The highest BCUT2D eigenvalue weighted by Crippen LogP contribution is 2.51. The van der Waals surface area contributed by atoms with Gasteiger partial charge in [-0.3, -0.25) is 0 Å². The number of nitrogens with zero attached hydrogens (tertiary/aromatic N) is 1. The maximum absolute atomic E-state index is 2.45. The zero-order chi connectivity index (χ0) is 41.6. The molecule has 0 radical (unpaired) electrons. The Balaban J connectivity index is 1.09. The first-order chi connectivity index (χ1) is 30.5. The molecule has 294 valence electrons. The summed E-state index contributed by atoms with van der Waals surface area (Å²) in [5.41, 5.74) is 20.6. The lowest BCUT2D eigenvalue weighted by atomic mass is 9.81. The van der Waals surface area contributed by atoms with E-state index in [1.54, 1.807) is 0 Å². The van der Waals surface area contributed by atoms with Gasteiger partial charge < -0.3 is 4.90 Å². The fourth-order valence-corrected chi connectivity index (χ4v) is 9.82. The highest BCUT2D eigenvalue weighted by Gasteiger charge is 2.35. The average molecular weight is 792 g/mol. The minimum absolute atomic E-state index is 0.0624. The average Bonchev–Trinajstić information content (AvgIpc) is 3.57. The Morgan fingerprint density at radius 2 is 0.790 bits per heavy atom. The van der Waals surface area contributed by atoms with Crippen LogP contribution in [0.4, 0.5) is 17.1 Å². The second-order valence-corrected chi connectivity index (χ2v) is 16.9. The van der Waals surface area contributed by atoms with Gasteiger partial charge in [0.15, 0.2) is 0 Å². The van der Waals surface area contributed by atoms with Crippen LogP contribution in [0.5, 0.6) is 0 Å². The molecule has 0 atom stereocenters. The molecule has 0 bridgehead atoms. The molecule has 10 aromatic carbocycles. The van der Waals surface area contributed by atoms with Crippen LogP contribution >= 0.6 is 0 Å². The van der Waals surface area contributed by atoms with Gasteiger partial charge in [0.1, 0.15) is 0 Å². The molecule has 11 rings (SSSR count). The molecule has 62 heavy (non-hydrogen) atoms. The summed E-state index contributed by atoms with van der Waals surface area (Å²) in [5, 5.41) is 2.50. The lowest BCUT2D eigenvalue weighted by Crippen LogP contribution is -2.14. The van der Waals surface area contributed by atoms with Crippen LogP contribution < -0.4 is 4.90 Å². The Morgan fingerprint density at radius 1 is 0.306 bits per heavy atom. The number of hydrogen-bond donors (Lipinski definition) is 0. The van der Waals surface area contributed by atoms with Crippen molar-refractivity contribution in [2.45, 2.75) is 19.3 Å². The van der Waals surface area contributed by atoms with E-state index in [0.29, 0.717) is 0 Å². The van der Waals surface area contributed by atoms with E-state index in [4.69, 9.17) is 0 Å². The predicted octanol–water partition coefficient (Wildman–Crippen LogP) is 17.0. The van der Waals surface area contributed by atoms with Gasteiger partial charge in [-0.2, -0.15) is 0 Å². The molecule has 0 amide bonds. The maximum Gasteiger partial charge on any atom is 0.0546 e. The molecule has 0 N–H and O–H groups in total. The van der Waals surface area contributed by atoms with Gasteiger partial charge >= 0.3 is 0 Å². The molecule has 0 aliphatic heterocycles. The third kappa shape index (κ3) is 6.42. The van der Waals surface area contributed by atoms with Crippen LogP contribution in [0.25, 0.3) is 77.5 Å². The summed E-state index contributed by atoms with van der Waals surface area (Å²) >= 11 is 0. The van der Waals surface area contributed by atoms with E-state index in [2.05, 4.69) is 255 Å². The van der Waals surface area contributed by atoms with Crippen molar-refractivity contribution in [2.24, 2.45) is 0 Å². The predicted molar refractivity (Wildman–Crippen MR) is 263 cm³/mol. The molecule has 0 aromatic heterocycles. The Labute approximate surface area is 364 Å². The van der Waals surface area contributed by atoms with Gasteiger partial charge in [-0.05, 0) is 119 Å². The summed E-state index contributed by atoms with van der Waals surface area (Å²) in [5.74, 6) is 0. The fraction of sp³-hybridized carbons (Fsp3) is 0.0492. The van der Waals surface area contributed by atoms with Gasteiger partial charge in [-0.25, -0.2) is 0 Å². The molecule has 0 heterocycles. The van der Waals surface area contributed by atoms with Crippen LogP contribution in [-0.2, 0) is 5.41 Å². The minimum Gasteiger partial charge on any atom is -0.310 e. The first kappa shape index (κ1) is 37.3. The normalized spacial score (nSPS) is 12.5. The highest BCUT2D eigenvalue weighted by atomic mass is 15.1. The number of anilines is 3. The molecule has 0 unspecified atom stereocenters. The van der Waals surface area contributed by atoms with Crippen LogP contribution in [0.1, 0.15) is 25.0 Å². The van der Waals surface area contributed by atoms with E-state index < -0.39 is 0 Å². The number of hydrogen-bond acceptors (Lipinski definition) is 1. The van der Waals surface area contributed by atoms with Gasteiger partial charge in [-0.15, -0.1) is 0 Å². The van der Waals surface area contributed by atoms with E-state index in [1.807, 2.05) is 0 Å². The van der Waals surface area contributed by atoms with E-state index in [-0.39, 0.29) is 5.41 Å². The topological polar surface area (TPSA) is 3.24 Å². The molecule has 0 fully saturated rings. The Hall–Kier alpha value is -7.74. The third-order valence-corrected chi connectivity index (χ3v) is 12.9. The fourth-order valence-electron chi connectivity index (χ4n) is 9.82. The van der Waals surface area contributed by atoms with Gasteiger partial charge in [0.05, 0.1) is 5.69 Å². The van der Waals surface area contributed by atoms with Crippen LogP contribution in [0, 0.1) is 0 Å².